The first-order chi connectivity index (χ1) is 7.04. The van der Waals surface area contributed by atoms with Crippen molar-refractivity contribution in [3.63, 3.8) is 0 Å². The minimum absolute atomic E-state index is 0.0349. The second-order valence-electron chi connectivity index (χ2n) is 4.09. The van der Waals surface area contributed by atoms with Crippen LogP contribution >= 0.6 is 0 Å². The molecule has 0 heterocycles. The zero-order chi connectivity index (χ0) is 11.6. The predicted octanol–water partition coefficient (Wildman–Crippen LogP) is 1.62. The third-order valence-corrected chi connectivity index (χ3v) is 3.15. The van der Waals surface area contributed by atoms with Crippen molar-refractivity contribution in [3.05, 3.63) is 12.2 Å². The second kappa shape index (κ2) is 4.71. The van der Waals surface area contributed by atoms with Crippen molar-refractivity contribution in [2.45, 2.75) is 26.9 Å². The molecule has 1 aliphatic carbocycles. The first-order valence-electron chi connectivity index (χ1n) is 5.27. The molecule has 84 valence electrons. The largest absolute Gasteiger partial charge is 0.373 e. The zero-order valence-corrected chi connectivity index (χ0v) is 9.69. The Labute approximate surface area is 90.5 Å². The molecule has 1 fully saturated rings. The molecule has 0 aromatic heterocycles. The van der Waals surface area contributed by atoms with Crippen LogP contribution in [0.5, 0.6) is 0 Å². The Morgan fingerprint density at radius 1 is 1.13 bits per heavy atom. The standard InChI is InChI=1S/C12H18O3/c1-5-6-9-7(2)11(14)12(15-4)8(3)10(9)13/h5-9,12H,1-4H3/b6-5+. The maximum absolute atomic E-state index is 12.0. The lowest BCUT2D eigenvalue weighted by Gasteiger charge is -2.33. The Morgan fingerprint density at radius 3 is 2.20 bits per heavy atom. The first kappa shape index (κ1) is 12.1. The molecular formula is C12H18O3. The van der Waals surface area contributed by atoms with E-state index >= 15 is 0 Å². The topological polar surface area (TPSA) is 43.4 Å². The van der Waals surface area contributed by atoms with Crippen LogP contribution in [0.25, 0.3) is 0 Å². The SMILES string of the molecule is C/C=C/C1C(=O)C(C)C(OC)C(=O)C1C. The summed E-state index contributed by atoms with van der Waals surface area (Å²) in [6.45, 7) is 5.41. The van der Waals surface area contributed by atoms with E-state index in [4.69, 9.17) is 4.74 Å². The minimum atomic E-state index is -0.561. The van der Waals surface area contributed by atoms with E-state index in [0.29, 0.717) is 0 Å². The third-order valence-electron chi connectivity index (χ3n) is 3.15. The molecule has 0 amide bonds. The summed E-state index contributed by atoms with van der Waals surface area (Å²) in [5.41, 5.74) is 0. The first-order valence-corrected chi connectivity index (χ1v) is 5.27. The highest BCUT2D eigenvalue weighted by molar-refractivity contribution is 6.01. The van der Waals surface area contributed by atoms with Gasteiger partial charge in [-0.05, 0) is 6.92 Å². The zero-order valence-electron chi connectivity index (χ0n) is 9.69. The summed E-state index contributed by atoms with van der Waals surface area (Å²) in [6.07, 6.45) is 3.08. The van der Waals surface area contributed by atoms with Gasteiger partial charge in [0.05, 0.1) is 0 Å². The Hall–Kier alpha value is -0.960. The van der Waals surface area contributed by atoms with E-state index in [9.17, 15) is 9.59 Å². The van der Waals surface area contributed by atoms with E-state index in [2.05, 4.69) is 0 Å². The Bertz CT molecular complexity index is 293. The minimum Gasteiger partial charge on any atom is -0.373 e. The molecule has 1 saturated carbocycles. The van der Waals surface area contributed by atoms with Crippen LogP contribution in [0, 0.1) is 17.8 Å². The highest BCUT2D eigenvalue weighted by Gasteiger charge is 2.44. The van der Waals surface area contributed by atoms with Crippen LogP contribution in [0.15, 0.2) is 12.2 Å². The molecule has 1 aliphatic rings. The lowest BCUT2D eigenvalue weighted by molar-refractivity contribution is -0.151. The van der Waals surface area contributed by atoms with Crippen molar-refractivity contribution < 1.29 is 14.3 Å². The van der Waals surface area contributed by atoms with E-state index in [-0.39, 0.29) is 29.3 Å². The van der Waals surface area contributed by atoms with Gasteiger partial charge in [0.15, 0.2) is 5.78 Å². The molecule has 4 atom stereocenters. The van der Waals surface area contributed by atoms with Crippen molar-refractivity contribution in [2.75, 3.05) is 7.11 Å². The van der Waals surface area contributed by atoms with E-state index in [1.54, 1.807) is 13.8 Å². The number of carbonyl (C=O) groups excluding carboxylic acids is 2. The van der Waals surface area contributed by atoms with E-state index in [0.717, 1.165) is 0 Å². The number of hydrogen-bond acceptors (Lipinski definition) is 3. The number of rotatable bonds is 2. The van der Waals surface area contributed by atoms with Crippen molar-refractivity contribution in [1.82, 2.24) is 0 Å². The van der Waals surface area contributed by atoms with Gasteiger partial charge in [0.1, 0.15) is 11.9 Å². The maximum Gasteiger partial charge on any atom is 0.166 e. The fourth-order valence-corrected chi connectivity index (χ4v) is 2.17. The monoisotopic (exact) mass is 210 g/mol. The van der Waals surface area contributed by atoms with Gasteiger partial charge in [-0.3, -0.25) is 9.59 Å². The van der Waals surface area contributed by atoms with Gasteiger partial charge in [0.2, 0.25) is 0 Å². The molecule has 1 rings (SSSR count). The van der Waals surface area contributed by atoms with Gasteiger partial charge in [0, 0.05) is 24.9 Å². The molecule has 15 heavy (non-hydrogen) atoms. The Morgan fingerprint density at radius 2 is 1.73 bits per heavy atom. The number of hydrogen-bond donors (Lipinski definition) is 0. The molecular weight excluding hydrogens is 192 g/mol. The summed E-state index contributed by atoms with van der Waals surface area (Å²) in [7, 11) is 1.48. The molecule has 0 N–H and O–H groups in total. The Balaban J connectivity index is 2.99. The van der Waals surface area contributed by atoms with Crippen molar-refractivity contribution in [1.29, 1.82) is 0 Å². The molecule has 0 bridgehead atoms. The average Bonchev–Trinajstić information content (AvgIpc) is 2.23. The lowest BCUT2D eigenvalue weighted by atomic mass is 9.72. The van der Waals surface area contributed by atoms with Crippen LogP contribution in [-0.4, -0.2) is 24.8 Å². The molecule has 0 saturated heterocycles. The van der Waals surface area contributed by atoms with Crippen LogP contribution in [0.2, 0.25) is 0 Å². The van der Waals surface area contributed by atoms with Gasteiger partial charge in [-0.2, -0.15) is 0 Å². The summed E-state index contributed by atoms with van der Waals surface area (Å²) in [6, 6.07) is 0. The molecule has 0 spiro atoms. The van der Waals surface area contributed by atoms with Gasteiger partial charge in [-0.1, -0.05) is 26.0 Å². The molecule has 0 aromatic carbocycles. The third kappa shape index (κ3) is 2.02. The van der Waals surface area contributed by atoms with Gasteiger partial charge in [-0.15, -0.1) is 0 Å². The number of ether oxygens (including phenoxy) is 1. The van der Waals surface area contributed by atoms with Gasteiger partial charge in [-0.25, -0.2) is 0 Å². The van der Waals surface area contributed by atoms with Gasteiger partial charge in [0.25, 0.3) is 0 Å². The van der Waals surface area contributed by atoms with Crippen LogP contribution < -0.4 is 0 Å². The number of ketones is 2. The predicted molar refractivity (Wildman–Crippen MR) is 57.4 cm³/mol. The fraction of sp³-hybridized carbons (Fsp3) is 0.667. The molecule has 3 heteroatoms. The molecule has 0 aliphatic heterocycles. The quantitative estimate of drug-likeness (QED) is 0.650. The van der Waals surface area contributed by atoms with Crippen molar-refractivity contribution in [2.24, 2.45) is 17.8 Å². The molecule has 4 unspecified atom stereocenters. The lowest BCUT2D eigenvalue weighted by Crippen LogP contribution is -2.48. The highest BCUT2D eigenvalue weighted by Crippen LogP contribution is 2.30. The molecule has 0 radical (unpaired) electrons. The Kier molecular flexibility index (Phi) is 3.80. The van der Waals surface area contributed by atoms with Crippen molar-refractivity contribution in [3.8, 4) is 0 Å². The maximum atomic E-state index is 12.0. The van der Waals surface area contributed by atoms with Gasteiger partial charge < -0.3 is 4.74 Å². The van der Waals surface area contributed by atoms with Crippen LogP contribution in [0.4, 0.5) is 0 Å². The highest BCUT2D eigenvalue weighted by atomic mass is 16.5. The summed E-state index contributed by atoms with van der Waals surface area (Å²) in [4.78, 5) is 23.8. The van der Waals surface area contributed by atoms with Crippen molar-refractivity contribution >= 4 is 11.6 Å². The number of carbonyl (C=O) groups is 2. The van der Waals surface area contributed by atoms with E-state index < -0.39 is 6.10 Å². The van der Waals surface area contributed by atoms with Crippen LogP contribution in [0.3, 0.4) is 0 Å². The summed E-state index contributed by atoms with van der Waals surface area (Å²) >= 11 is 0. The number of Topliss-reactive ketones (excluding diaryl/α,β-unsaturated/α-hetero) is 2. The second-order valence-corrected chi connectivity index (χ2v) is 4.09. The normalized spacial score (nSPS) is 37.6. The summed E-state index contributed by atoms with van der Waals surface area (Å²) in [5.74, 6) is -0.738. The summed E-state index contributed by atoms with van der Waals surface area (Å²) in [5, 5.41) is 0. The number of methoxy groups -OCH3 is 1. The van der Waals surface area contributed by atoms with Crippen LogP contribution in [-0.2, 0) is 14.3 Å². The summed E-state index contributed by atoms with van der Waals surface area (Å²) < 4.78 is 5.09. The average molecular weight is 210 g/mol. The smallest absolute Gasteiger partial charge is 0.166 e. The van der Waals surface area contributed by atoms with Gasteiger partial charge >= 0.3 is 0 Å². The van der Waals surface area contributed by atoms with E-state index in [1.165, 1.54) is 7.11 Å². The number of allylic oxidation sites excluding steroid dienone is 2. The van der Waals surface area contributed by atoms with Crippen LogP contribution in [0.1, 0.15) is 20.8 Å². The van der Waals surface area contributed by atoms with E-state index in [1.807, 2.05) is 19.1 Å². The molecule has 3 nitrogen and oxygen atoms in total. The molecule has 0 aromatic rings. The fourth-order valence-electron chi connectivity index (χ4n) is 2.17.